The lowest BCUT2D eigenvalue weighted by atomic mass is 10.3. The van der Waals surface area contributed by atoms with Crippen molar-refractivity contribution in [2.75, 3.05) is 25.1 Å². The summed E-state index contributed by atoms with van der Waals surface area (Å²) >= 11 is 0. The van der Waals surface area contributed by atoms with Crippen molar-refractivity contribution >= 4 is 5.95 Å². The molecule has 0 aromatic carbocycles. The van der Waals surface area contributed by atoms with Gasteiger partial charge in [-0.2, -0.15) is 0 Å². The molecule has 0 unspecified atom stereocenters. The molecular formula is C13H17N5O2. The van der Waals surface area contributed by atoms with Crippen LogP contribution in [0.1, 0.15) is 12.2 Å². The number of nitrogens with zero attached hydrogens (tertiary/aromatic N) is 5. The van der Waals surface area contributed by atoms with E-state index < -0.39 is 0 Å². The summed E-state index contributed by atoms with van der Waals surface area (Å²) in [6.45, 7) is 3.26. The maximum Gasteiger partial charge on any atom is 0.232 e. The van der Waals surface area contributed by atoms with Gasteiger partial charge < -0.3 is 14.7 Å². The first-order chi connectivity index (χ1) is 9.69. The monoisotopic (exact) mass is 275 g/mol. The second-order valence-electron chi connectivity index (χ2n) is 4.83. The van der Waals surface area contributed by atoms with Crippen LogP contribution in [0.15, 0.2) is 18.3 Å². The van der Waals surface area contributed by atoms with E-state index in [1.54, 1.807) is 19.4 Å². The molecule has 3 rings (SSSR count). The Bertz CT molecular complexity index is 595. The van der Waals surface area contributed by atoms with E-state index in [2.05, 4.69) is 15.2 Å². The van der Waals surface area contributed by atoms with E-state index in [0.29, 0.717) is 12.4 Å². The summed E-state index contributed by atoms with van der Waals surface area (Å²) < 4.78 is 7.00. The highest BCUT2D eigenvalue weighted by atomic mass is 16.5. The zero-order valence-electron chi connectivity index (χ0n) is 11.5. The summed E-state index contributed by atoms with van der Waals surface area (Å²) in [4.78, 5) is 6.25. The number of anilines is 1. The van der Waals surface area contributed by atoms with E-state index in [9.17, 15) is 5.11 Å². The van der Waals surface area contributed by atoms with Gasteiger partial charge in [0.25, 0.3) is 0 Å². The van der Waals surface area contributed by atoms with Crippen molar-refractivity contribution in [1.82, 2.24) is 19.7 Å². The highest BCUT2D eigenvalue weighted by molar-refractivity contribution is 5.44. The fourth-order valence-electron chi connectivity index (χ4n) is 2.41. The minimum Gasteiger partial charge on any atom is -0.481 e. The van der Waals surface area contributed by atoms with E-state index >= 15 is 0 Å². The van der Waals surface area contributed by atoms with Gasteiger partial charge in [-0.1, -0.05) is 0 Å². The van der Waals surface area contributed by atoms with E-state index in [1.807, 2.05) is 22.5 Å². The van der Waals surface area contributed by atoms with Crippen molar-refractivity contribution in [2.24, 2.45) is 0 Å². The fraction of sp³-hybridized carbons (Fsp3) is 0.462. The maximum absolute atomic E-state index is 9.67. The van der Waals surface area contributed by atoms with Crippen molar-refractivity contribution in [1.29, 1.82) is 0 Å². The normalized spacial score (nSPS) is 18.6. The largest absolute Gasteiger partial charge is 0.481 e. The number of ether oxygens (including phenoxy) is 1. The highest BCUT2D eigenvalue weighted by Gasteiger charge is 2.25. The lowest BCUT2D eigenvalue weighted by molar-refractivity contribution is 0.198. The number of pyridine rings is 1. The average molecular weight is 275 g/mol. The van der Waals surface area contributed by atoms with Crippen molar-refractivity contribution in [3.8, 4) is 11.6 Å². The van der Waals surface area contributed by atoms with E-state index in [1.165, 1.54) is 0 Å². The predicted octanol–water partition coefficient (Wildman–Crippen LogP) is 0.550. The number of aliphatic hydroxyl groups is 1. The van der Waals surface area contributed by atoms with Gasteiger partial charge in [-0.3, -0.25) is 4.57 Å². The molecule has 0 bridgehead atoms. The molecule has 2 aromatic heterocycles. The third-order valence-corrected chi connectivity index (χ3v) is 3.44. The highest BCUT2D eigenvalue weighted by Crippen LogP contribution is 2.23. The molecule has 2 aromatic rings. The summed E-state index contributed by atoms with van der Waals surface area (Å²) in [7, 11) is 1.59. The third kappa shape index (κ3) is 2.20. The predicted molar refractivity (Wildman–Crippen MR) is 73.3 cm³/mol. The molecule has 1 N–H and O–H groups in total. The first-order valence-electron chi connectivity index (χ1n) is 6.54. The van der Waals surface area contributed by atoms with E-state index in [4.69, 9.17) is 4.74 Å². The van der Waals surface area contributed by atoms with Crippen molar-refractivity contribution in [3.63, 3.8) is 0 Å². The summed E-state index contributed by atoms with van der Waals surface area (Å²) in [5, 5.41) is 18.0. The number of β-amino-alcohol motifs (C(OH)–C–C–N with tert-alkyl or cyclic N) is 1. The molecule has 1 aliphatic rings. The van der Waals surface area contributed by atoms with Crippen molar-refractivity contribution in [2.45, 2.75) is 19.4 Å². The van der Waals surface area contributed by atoms with E-state index in [0.717, 1.165) is 30.4 Å². The van der Waals surface area contributed by atoms with Gasteiger partial charge in [0.1, 0.15) is 5.82 Å². The Kier molecular flexibility index (Phi) is 3.27. The number of aliphatic hydroxyl groups excluding tert-OH is 1. The van der Waals surface area contributed by atoms with Gasteiger partial charge in [-0.05, 0) is 19.4 Å². The Balaban J connectivity index is 1.97. The lowest BCUT2D eigenvalue weighted by Gasteiger charge is -2.18. The van der Waals surface area contributed by atoms with Crippen molar-refractivity contribution in [3.05, 3.63) is 24.2 Å². The topological polar surface area (TPSA) is 76.3 Å². The first-order valence-corrected chi connectivity index (χ1v) is 6.54. The molecule has 1 atom stereocenters. The molecule has 0 saturated carbocycles. The number of methoxy groups -OCH3 is 1. The van der Waals surface area contributed by atoms with Crippen LogP contribution < -0.4 is 9.64 Å². The molecule has 3 heterocycles. The van der Waals surface area contributed by atoms with Crippen molar-refractivity contribution < 1.29 is 9.84 Å². The number of aryl methyl sites for hydroxylation is 1. The Hall–Kier alpha value is -2.15. The molecular weight excluding hydrogens is 258 g/mol. The smallest absolute Gasteiger partial charge is 0.232 e. The molecule has 7 nitrogen and oxygen atoms in total. The van der Waals surface area contributed by atoms with Gasteiger partial charge in [0.05, 0.1) is 25.1 Å². The van der Waals surface area contributed by atoms with E-state index in [-0.39, 0.29) is 6.10 Å². The summed E-state index contributed by atoms with van der Waals surface area (Å²) in [6.07, 6.45) is 2.19. The van der Waals surface area contributed by atoms with Gasteiger partial charge in [0.15, 0.2) is 0 Å². The Morgan fingerprint density at radius 3 is 2.80 bits per heavy atom. The first kappa shape index (κ1) is 12.9. The standard InChI is InChI=1S/C13H17N5O2/c1-9-15-16-13(17-6-5-11(19)8-17)18(9)10-3-4-12(20-2)14-7-10/h3-4,7,11,19H,5-6,8H2,1-2H3/t11-/m0/s1. The Morgan fingerprint density at radius 2 is 2.20 bits per heavy atom. The van der Waals surface area contributed by atoms with Crippen LogP contribution in [0.5, 0.6) is 5.88 Å². The van der Waals surface area contributed by atoms with Crippen LogP contribution in [-0.2, 0) is 0 Å². The van der Waals surface area contributed by atoms with Gasteiger partial charge in [-0.25, -0.2) is 4.98 Å². The molecule has 1 saturated heterocycles. The van der Waals surface area contributed by atoms with Crippen LogP contribution in [0.3, 0.4) is 0 Å². The zero-order chi connectivity index (χ0) is 14.1. The number of hydrogen-bond donors (Lipinski definition) is 1. The molecule has 20 heavy (non-hydrogen) atoms. The van der Waals surface area contributed by atoms with Crippen LogP contribution in [-0.4, -0.2) is 51.2 Å². The maximum atomic E-state index is 9.67. The van der Waals surface area contributed by atoms with Gasteiger partial charge in [-0.15, -0.1) is 10.2 Å². The van der Waals surface area contributed by atoms with Crippen LogP contribution in [0.2, 0.25) is 0 Å². The molecule has 0 aliphatic carbocycles. The zero-order valence-corrected chi connectivity index (χ0v) is 11.5. The fourth-order valence-corrected chi connectivity index (χ4v) is 2.41. The molecule has 106 valence electrons. The molecule has 0 spiro atoms. The average Bonchev–Trinajstić information content (AvgIpc) is 3.05. The molecule has 0 radical (unpaired) electrons. The second-order valence-corrected chi connectivity index (χ2v) is 4.83. The number of rotatable bonds is 3. The summed E-state index contributed by atoms with van der Waals surface area (Å²) in [5.41, 5.74) is 0.879. The molecule has 1 aliphatic heterocycles. The third-order valence-electron chi connectivity index (χ3n) is 3.44. The Labute approximate surface area is 116 Å². The quantitative estimate of drug-likeness (QED) is 0.881. The van der Waals surface area contributed by atoms with Crippen LogP contribution >= 0.6 is 0 Å². The lowest BCUT2D eigenvalue weighted by Crippen LogP contribution is -2.24. The number of hydrogen-bond acceptors (Lipinski definition) is 6. The van der Waals surface area contributed by atoms with Crippen LogP contribution in [0, 0.1) is 6.92 Å². The Morgan fingerprint density at radius 1 is 1.35 bits per heavy atom. The number of aromatic nitrogens is 4. The van der Waals surface area contributed by atoms with Gasteiger partial charge in [0.2, 0.25) is 11.8 Å². The minimum absolute atomic E-state index is 0.297. The molecule has 0 amide bonds. The molecule has 1 fully saturated rings. The summed E-state index contributed by atoms with van der Waals surface area (Å²) in [5.74, 6) is 2.09. The second kappa shape index (κ2) is 5.09. The van der Waals surface area contributed by atoms with Crippen LogP contribution in [0.4, 0.5) is 5.95 Å². The van der Waals surface area contributed by atoms with Gasteiger partial charge >= 0.3 is 0 Å². The minimum atomic E-state index is -0.297. The SMILES string of the molecule is COc1ccc(-n2c(C)nnc2N2CC[C@H](O)C2)cn1. The van der Waals surface area contributed by atoms with Gasteiger partial charge in [0, 0.05) is 19.2 Å². The molecule has 7 heteroatoms. The van der Waals surface area contributed by atoms with Crippen LogP contribution in [0.25, 0.3) is 5.69 Å². The summed E-state index contributed by atoms with van der Waals surface area (Å²) in [6, 6.07) is 3.72.